The highest BCUT2D eigenvalue weighted by molar-refractivity contribution is 5.29. The Morgan fingerprint density at radius 3 is 2.33 bits per heavy atom. The lowest BCUT2D eigenvalue weighted by atomic mass is 9.95. The Hall–Kier alpha value is -1.06. The lowest BCUT2D eigenvalue weighted by molar-refractivity contribution is 0.0835. The van der Waals surface area contributed by atoms with E-state index in [0.717, 1.165) is 11.3 Å². The van der Waals surface area contributed by atoms with Gasteiger partial charge in [-0.2, -0.15) is 0 Å². The molecule has 2 N–H and O–H groups in total. The molecule has 1 aromatic carbocycles. The summed E-state index contributed by atoms with van der Waals surface area (Å²) in [5.74, 6) is 1.06. The summed E-state index contributed by atoms with van der Waals surface area (Å²) in [6.45, 7) is 1.85. The first-order chi connectivity index (χ1) is 7.17. The smallest absolute Gasteiger partial charge is 0.118 e. The average molecular weight is 210 g/mol. The summed E-state index contributed by atoms with van der Waals surface area (Å²) < 4.78 is 5.06. The van der Waals surface area contributed by atoms with Gasteiger partial charge in [0, 0.05) is 0 Å². The summed E-state index contributed by atoms with van der Waals surface area (Å²) in [6, 6.07) is 7.76. The van der Waals surface area contributed by atoms with Gasteiger partial charge in [0.15, 0.2) is 0 Å². The van der Waals surface area contributed by atoms with E-state index in [2.05, 4.69) is 0 Å². The van der Waals surface area contributed by atoms with Crippen LogP contribution in [0.1, 0.15) is 24.8 Å². The Morgan fingerprint density at radius 2 is 1.87 bits per heavy atom. The Balaban J connectivity index is 2.61. The first-order valence-corrected chi connectivity index (χ1v) is 5.10. The molecule has 1 aromatic rings. The number of benzene rings is 1. The van der Waals surface area contributed by atoms with Gasteiger partial charge in [-0.1, -0.05) is 19.1 Å². The van der Waals surface area contributed by atoms with Gasteiger partial charge in [-0.15, -0.1) is 0 Å². The molecule has 15 heavy (non-hydrogen) atoms. The average Bonchev–Trinajstić information content (AvgIpc) is 2.29. The van der Waals surface area contributed by atoms with Gasteiger partial charge in [0.1, 0.15) is 5.75 Å². The molecular weight excluding hydrogens is 192 g/mol. The normalized spacial score (nSPS) is 14.7. The predicted molar refractivity (Wildman–Crippen MR) is 59.1 cm³/mol. The van der Waals surface area contributed by atoms with Crippen LogP contribution in [0.5, 0.6) is 5.75 Å². The molecule has 0 spiro atoms. The zero-order valence-corrected chi connectivity index (χ0v) is 9.18. The highest BCUT2D eigenvalue weighted by atomic mass is 16.5. The molecule has 0 bridgehead atoms. The zero-order chi connectivity index (χ0) is 11.3. The quantitative estimate of drug-likeness (QED) is 0.775. The van der Waals surface area contributed by atoms with Gasteiger partial charge in [0.2, 0.25) is 0 Å². The van der Waals surface area contributed by atoms with Crippen molar-refractivity contribution < 1.29 is 14.9 Å². The highest BCUT2D eigenvalue weighted by Gasteiger charge is 2.11. The molecule has 0 aliphatic carbocycles. The summed E-state index contributed by atoms with van der Waals surface area (Å²) in [7, 11) is 1.63. The van der Waals surface area contributed by atoms with Crippen LogP contribution >= 0.6 is 0 Å². The lowest BCUT2D eigenvalue weighted by Gasteiger charge is -2.15. The minimum atomic E-state index is -0.637. The monoisotopic (exact) mass is 210 g/mol. The number of ether oxygens (including phenoxy) is 1. The fourth-order valence-corrected chi connectivity index (χ4v) is 1.55. The lowest BCUT2D eigenvalue weighted by Crippen LogP contribution is -2.14. The molecular formula is C12H18O3. The summed E-state index contributed by atoms with van der Waals surface area (Å²) in [6.07, 6.45) is -0.0647. The van der Waals surface area contributed by atoms with E-state index in [1.807, 2.05) is 31.2 Å². The Bertz CT molecular complexity index is 281. The number of aliphatic hydroxyl groups excluding tert-OH is 2. The highest BCUT2D eigenvalue weighted by Crippen LogP contribution is 2.22. The minimum Gasteiger partial charge on any atom is -0.497 e. The molecule has 0 aromatic heterocycles. The van der Waals surface area contributed by atoms with E-state index >= 15 is 0 Å². The van der Waals surface area contributed by atoms with Crippen LogP contribution in [0.25, 0.3) is 0 Å². The summed E-state index contributed by atoms with van der Waals surface area (Å²) in [4.78, 5) is 0. The maximum atomic E-state index is 9.32. The van der Waals surface area contributed by atoms with E-state index in [9.17, 15) is 5.11 Å². The predicted octanol–water partition coefficient (Wildman–Crippen LogP) is 1.54. The van der Waals surface area contributed by atoms with E-state index in [1.54, 1.807) is 7.11 Å². The molecule has 2 atom stereocenters. The standard InChI is InChI=1S/C12H18O3/c1-9(7-11(14)8-13)10-3-5-12(15-2)6-4-10/h3-6,9,11,13-14H,7-8H2,1-2H3. The van der Waals surface area contributed by atoms with Crippen molar-refractivity contribution in [3.63, 3.8) is 0 Å². The van der Waals surface area contributed by atoms with Crippen LogP contribution in [0.2, 0.25) is 0 Å². The third-order valence-corrected chi connectivity index (χ3v) is 2.52. The fourth-order valence-electron chi connectivity index (χ4n) is 1.55. The van der Waals surface area contributed by atoms with E-state index in [1.165, 1.54) is 0 Å². The number of hydrogen-bond donors (Lipinski definition) is 2. The molecule has 0 saturated heterocycles. The van der Waals surface area contributed by atoms with Crippen molar-refractivity contribution in [1.82, 2.24) is 0 Å². The van der Waals surface area contributed by atoms with Gasteiger partial charge in [0.05, 0.1) is 19.8 Å². The third-order valence-electron chi connectivity index (χ3n) is 2.52. The first kappa shape index (κ1) is 12.0. The van der Waals surface area contributed by atoms with Crippen LogP contribution in [0, 0.1) is 0 Å². The maximum absolute atomic E-state index is 9.32. The van der Waals surface area contributed by atoms with Crippen molar-refractivity contribution in [2.75, 3.05) is 13.7 Å². The Morgan fingerprint density at radius 1 is 1.27 bits per heavy atom. The van der Waals surface area contributed by atoms with Crippen molar-refractivity contribution in [1.29, 1.82) is 0 Å². The van der Waals surface area contributed by atoms with Gasteiger partial charge < -0.3 is 14.9 Å². The SMILES string of the molecule is COc1ccc(C(C)CC(O)CO)cc1. The number of aliphatic hydroxyl groups is 2. The summed E-state index contributed by atoms with van der Waals surface area (Å²) >= 11 is 0. The topological polar surface area (TPSA) is 49.7 Å². The van der Waals surface area contributed by atoms with E-state index in [4.69, 9.17) is 9.84 Å². The molecule has 0 aliphatic rings. The molecule has 1 rings (SSSR count). The van der Waals surface area contributed by atoms with Crippen LogP contribution in [0.4, 0.5) is 0 Å². The van der Waals surface area contributed by atoms with Gasteiger partial charge in [-0.05, 0) is 30.0 Å². The Kier molecular flexibility index (Phi) is 4.59. The largest absolute Gasteiger partial charge is 0.497 e. The molecule has 0 amide bonds. The summed E-state index contributed by atoms with van der Waals surface area (Å²) in [5, 5.41) is 18.1. The zero-order valence-electron chi connectivity index (χ0n) is 9.18. The van der Waals surface area contributed by atoms with Crippen LogP contribution < -0.4 is 4.74 Å². The molecule has 84 valence electrons. The molecule has 0 radical (unpaired) electrons. The second-order valence-corrected chi connectivity index (χ2v) is 3.75. The van der Waals surface area contributed by atoms with E-state index < -0.39 is 6.10 Å². The van der Waals surface area contributed by atoms with Crippen molar-refractivity contribution in [2.24, 2.45) is 0 Å². The van der Waals surface area contributed by atoms with Gasteiger partial charge in [-0.3, -0.25) is 0 Å². The summed E-state index contributed by atoms with van der Waals surface area (Å²) in [5.41, 5.74) is 1.14. The molecule has 3 heteroatoms. The van der Waals surface area contributed by atoms with Gasteiger partial charge in [0.25, 0.3) is 0 Å². The molecule has 3 nitrogen and oxygen atoms in total. The maximum Gasteiger partial charge on any atom is 0.118 e. The number of methoxy groups -OCH3 is 1. The van der Waals surface area contributed by atoms with Crippen molar-refractivity contribution in [3.8, 4) is 5.75 Å². The molecule has 0 saturated carbocycles. The van der Waals surface area contributed by atoms with Crippen LogP contribution in [-0.4, -0.2) is 30.0 Å². The van der Waals surface area contributed by atoms with Crippen LogP contribution in [0.3, 0.4) is 0 Å². The molecule has 0 fully saturated rings. The first-order valence-electron chi connectivity index (χ1n) is 5.10. The van der Waals surface area contributed by atoms with Crippen LogP contribution in [-0.2, 0) is 0 Å². The van der Waals surface area contributed by atoms with Crippen molar-refractivity contribution in [3.05, 3.63) is 29.8 Å². The molecule has 0 heterocycles. The third kappa shape index (κ3) is 3.53. The van der Waals surface area contributed by atoms with Gasteiger partial charge >= 0.3 is 0 Å². The van der Waals surface area contributed by atoms with Gasteiger partial charge in [-0.25, -0.2) is 0 Å². The minimum absolute atomic E-state index is 0.180. The number of rotatable bonds is 5. The van der Waals surface area contributed by atoms with E-state index in [-0.39, 0.29) is 12.5 Å². The van der Waals surface area contributed by atoms with Crippen molar-refractivity contribution >= 4 is 0 Å². The van der Waals surface area contributed by atoms with E-state index in [0.29, 0.717) is 6.42 Å². The van der Waals surface area contributed by atoms with Crippen molar-refractivity contribution in [2.45, 2.75) is 25.4 Å². The van der Waals surface area contributed by atoms with Crippen LogP contribution in [0.15, 0.2) is 24.3 Å². The number of hydrogen-bond acceptors (Lipinski definition) is 3. The molecule has 2 unspecified atom stereocenters. The second-order valence-electron chi connectivity index (χ2n) is 3.75. The fraction of sp³-hybridized carbons (Fsp3) is 0.500. The second kappa shape index (κ2) is 5.73. The molecule has 0 aliphatic heterocycles. The Labute approximate surface area is 90.3 Å².